The molecule has 0 bridgehead atoms. The average molecular weight is 331 g/mol. The fourth-order valence-corrected chi connectivity index (χ4v) is 3.53. The third kappa shape index (κ3) is 3.61. The number of piperazine rings is 1. The summed E-state index contributed by atoms with van der Waals surface area (Å²) in [5.74, 6) is -0.897. The standard InChI is InChI=1S/C18H25N3O3/c22-12-11-21-13-14(3-2-8-20-9-6-19-7-10-20)17-15(18(23)24)4-1-5-16(17)21/h1,4-5,13,19,22H,2-3,6-12H2,(H,23,24). The van der Waals surface area contributed by atoms with Gasteiger partial charge < -0.3 is 25.0 Å². The number of carbonyl (C=O) groups is 1. The number of aliphatic hydroxyl groups is 1. The number of aryl methyl sites for hydroxylation is 1. The number of carboxylic acids is 1. The van der Waals surface area contributed by atoms with Crippen molar-refractivity contribution in [2.75, 3.05) is 39.3 Å². The van der Waals surface area contributed by atoms with Crippen LogP contribution in [0.3, 0.4) is 0 Å². The molecule has 0 atom stereocenters. The van der Waals surface area contributed by atoms with Gasteiger partial charge >= 0.3 is 5.97 Å². The fraction of sp³-hybridized carbons (Fsp3) is 0.500. The number of aromatic nitrogens is 1. The predicted octanol–water partition coefficient (Wildman–Crippen LogP) is 1.17. The summed E-state index contributed by atoms with van der Waals surface area (Å²) in [6, 6.07) is 5.36. The van der Waals surface area contributed by atoms with Gasteiger partial charge in [0.1, 0.15) is 0 Å². The number of carboxylic acid groups (broad SMARTS) is 1. The minimum Gasteiger partial charge on any atom is -0.478 e. The molecule has 0 unspecified atom stereocenters. The Morgan fingerprint density at radius 2 is 2.00 bits per heavy atom. The van der Waals surface area contributed by atoms with Crippen LogP contribution >= 0.6 is 0 Å². The van der Waals surface area contributed by atoms with E-state index in [9.17, 15) is 15.0 Å². The van der Waals surface area contributed by atoms with E-state index in [4.69, 9.17) is 0 Å². The van der Waals surface area contributed by atoms with E-state index in [2.05, 4.69) is 10.2 Å². The maximum Gasteiger partial charge on any atom is 0.336 e. The van der Waals surface area contributed by atoms with E-state index in [1.807, 2.05) is 16.8 Å². The third-order valence-corrected chi connectivity index (χ3v) is 4.69. The summed E-state index contributed by atoms with van der Waals surface area (Å²) < 4.78 is 1.96. The smallest absolute Gasteiger partial charge is 0.336 e. The van der Waals surface area contributed by atoms with E-state index in [-0.39, 0.29) is 6.61 Å². The second-order valence-electron chi connectivity index (χ2n) is 6.27. The maximum absolute atomic E-state index is 11.6. The number of aromatic carboxylic acids is 1. The molecule has 1 aliphatic heterocycles. The van der Waals surface area contributed by atoms with Crippen LogP contribution in [-0.4, -0.2) is 65.0 Å². The van der Waals surface area contributed by atoms with Crippen LogP contribution < -0.4 is 5.32 Å². The third-order valence-electron chi connectivity index (χ3n) is 4.69. The van der Waals surface area contributed by atoms with Gasteiger partial charge in [0.05, 0.1) is 12.2 Å². The summed E-state index contributed by atoms with van der Waals surface area (Å²) in [4.78, 5) is 14.0. The van der Waals surface area contributed by atoms with Crippen LogP contribution in [0.5, 0.6) is 0 Å². The Bertz CT molecular complexity index is 705. The molecular weight excluding hydrogens is 306 g/mol. The highest BCUT2D eigenvalue weighted by Gasteiger charge is 2.16. The normalized spacial score (nSPS) is 15.9. The zero-order valence-corrected chi connectivity index (χ0v) is 13.9. The lowest BCUT2D eigenvalue weighted by molar-refractivity contribution is 0.0699. The van der Waals surface area contributed by atoms with Crippen molar-refractivity contribution in [3.05, 3.63) is 35.5 Å². The molecule has 1 saturated heterocycles. The van der Waals surface area contributed by atoms with Crippen molar-refractivity contribution < 1.29 is 15.0 Å². The Morgan fingerprint density at radius 1 is 1.21 bits per heavy atom. The van der Waals surface area contributed by atoms with E-state index < -0.39 is 5.97 Å². The molecule has 130 valence electrons. The van der Waals surface area contributed by atoms with E-state index >= 15 is 0 Å². The zero-order chi connectivity index (χ0) is 16.9. The van der Waals surface area contributed by atoms with Gasteiger partial charge in [-0.25, -0.2) is 4.79 Å². The molecule has 3 rings (SSSR count). The van der Waals surface area contributed by atoms with Gasteiger partial charge in [-0.05, 0) is 37.1 Å². The summed E-state index contributed by atoms with van der Waals surface area (Å²) in [7, 11) is 0. The molecule has 6 nitrogen and oxygen atoms in total. The van der Waals surface area contributed by atoms with Crippen LogP contribution in [0.25, 0.3) is 10.9 Å². The number of hydrogen-bond donors (Lipinski definition) is 3. The SMILES string of the molecule is O=C(O)c1cccc2c1c(CCCN1CCNCC1)cn2CCO. The first-order valence-corrected chi connectivity index (χ1v) is 8.58. The zero-order valence-electron chi connectivity index (χ0n) is 13.9. The number of aliphatic hydroxyl groups excluding tert-OH is 1. The van der Waals surface area contributed by atoms with Crippen LogP contribution in [0.2, 0.25) is 0 Å². The molecule has 1 aromatic heterocycles. The molecule has 2 heterocycles. The minimum atomic E-state index is -0.897. The van der Waals surface area contributed by atoms with Crippen LogP contribution in [0, 0.1) is 0 Å². The maximum atomic E-state index is 11.6. The first kappa shape index (κ1) is 17.0. The molecule has 0 saturated carbocycles. The van der Waals surface area contributed by atoms with Crippen LogP contribution in [0.1, 0.15) is 22.3 Å². The lowest BCUT2D eigenvalue weighted by atomic mass is 10.0. The molecule has 2 aromatic rings. The molecule has 0 radical (unpaired) electrons. The highest BCUT2D eigenvalue weighted by Crippen LogP contribution is 2.26. The topological polar surface area (TPSA) is 77.7 Å². The number of benzene rings is 1. The Kier molecular flexibility index (Phi) is 5.50. The largest absolute Gasteiger partial charge is 0.478 e. The number of fused-ring (bicyclic) bond motifs is 1. The summed E-state index contributed by atoms with van der Waals surface area (Å²) >= 11 is 0. The lowest BCUT2D eigenvalue weighted by Crippen LogP contribution is -2.43. The molecule has 24 heavy (non-hydrogen) atoms. The second-order valence-corrected chi connectivity index (χ2v) is 6.27. The first-order chi connectivity index (χ1) is 11.7. The van der Waals surface area contributed by atoms with E-state index in [1.165, 1.54) is 0 Å². The van der Waals surface area contributed by atoms with Crippen molar-refractivity contribution in [1.29, 1.82) is 0 Å². The molecular formula is C18H25N3O3. The van der Waals surface area contributed by atoms with Gasteiger partial charge in [-0.2, -0.15) is 0 Å². The summed E-state index contributed by atoms with van der Waals surface area (Å²) in [6.45, 7) is 5.79. The molecule has 0 aliphatic carbocycles. The fourth-order valence-electron chi connectivity index (χ4n) is 3.53. The number of nitrogens with one attached hydrogen (secondary N) is 1. The minimum absolute atomic E-state index is 0.0430. The van der Waals surface area contributed by atoms with Crippen molar-refractivity contribution in [3.8, 4) is 0 Å². The predicted molar refractivity (Wildman–Crippen MR) is 93.6 cm³/mol. The van der Waals surface area contributed by atoms with E-state index in [1.54, 1.807) is 12.1 Å². The van der Waals surface area contributed by atoms with Crippen molar-refractivity contribution in [1.82, 2.24) is 14.8 Å². The van der Waals surface area contributed by atoms with Crippen LogP contribution in [0.4, 0.5) is 0 Å². The van der Waals surface area contributed by atoms with Gasteiger partial charge in [-0.1, -0.05) is 6.07 Å². The molecule has 1 aromatic carbocycles. The van der Waals surface area contributed by atoms with Gasteiger partial charge in [0.15, 0.2) is 0 Å². The highest BCUT2D eigenvalue weighted by atomic mass is 16.4. The summed E-state index contributed by atoms with van der Waals surface area (Å²) in [5.41, 5.74) is 2.30. The summed E-state index contributed by atoms with van der Waals surface area (Å²) in [6.07, 6.45) is 3.86. The number of hydrogen-bond acceptors (Lipinski definition) is 4. The highest BCUT2D eigenvalue weighted by molar-refractivity contribution is 6.04. The second kappa shape index (κ2) is 7.79. The Hall–Kier alpha value is -1.89. The molecule has 0 amide bonds. The molecule has 1 aliphatic rings. The molecule has 0 spiro atoms. The monoisotopic (exact) mass is 331 g/mol. The Morgan fingerprint density at radius 3 is 2.71 bits per heavy atom. The lowest BCUT2D eigenvalue weighted by Gasteiger charge is -2.27. The van der Waals surface area contributed by atoms with E-state index in [0.717, 1.165) is 62.0 Å². The number of nitrogens with zero attached hydrogens (tertiary/aromatic N) is 2. The molecule has 6 heteroatoms. The van der Waals surface area contributed by atoms with Gasteiger partial charge in [0.25, 0.3) is 0 Å². The van der Waals surface area contributed by atoms with Crippen molar-refractivity contribution in [2.45, 2.75) is 19.4 Å². The Balaban J connectivity index is 1.81. The molecule has 3 N–H and O–H groups in total. The van der Waals surface area contributed by atoms with Crippen LogP contribution in [0.15, 0.2) is 24.4 Å². The van der Waals surface area contributed by atoms with Gasteiger partial charge in [0.2, 0.25) is 0 Å². The van der Waals surface area contributed by atoms with E-state index in [0.29, 0.717) is 12.1 Å². The number of rotatable bonds is 7. The Labute approximate surface area is 141 Å². The first-order valence-electron chi connectivity index (χ1n) is 8.58. The van der Waals surface area contributed by atoms with Crippen molar-refractivity contribution >= 4 is 16.9 Å². The van der Waals surface area contributed by atoms with Gasteiger partial charge in [-0.3, -0.25) is 0 Å². The summed E-state index contributed by atoms with van der Waals surface area (Å²) in [5, 5.41) is 22.9. The van der Waals surface area contributed by atoms with Gasteiger partial charge in [0, 0.05) is 49.8 Å². The molecule has 1 fully saturated rings. The van der Waals surface area contributed by atoms with Crippen molar-refractivity contribution in [2.24, 2.45) is 0 Å². The van der Waals surface area contributed by atoms with Crippen LogP contribution in [-0.2, 0) is 13.0 Å². The average Bonchev–Trinajstić information content (AvgIpc) is 2.94. The van der Waals surface area contributed by atoms with Crippen molar-refractivity contribution in [3.63, 3.8) is 0 Å². The van der Waals surface area contributed by atoms with Gasteiger partial charge in [-0.15, -0.1) is 0 Å². The quantitative estimate of drug-likeness (QED) is 0.710.